The van der Waals surface area contributed by atoms with Crippen molar-refractivity contribution in [3.63, 3.8) is 0 Å². The minimum atomic E-state index is 0.786. The van der Waals surface area contributed by atoms with Crippen molar-refractivity contribution >= 4 is 0 Å². The summed E-state index contributed by atoms with van der Waals surface area (Å²) in [6.07, 6.45) is 8.76. The van der Waals surface area contributed by atoms with E-state index in [1.165, 1.54) is 38.5 Å². The molecule has 1 saturated heterocycles. The first-order valence-corrected chi connectivity index (χ1v) is 5.12. The lowest BCUT2D eigenvalue weighted by atomic mass is 9.78. The number of hydrogen-bond acceptors (Lipinski definition) is 1. The first-order chi connectivity index (χ1) is 5.36. The molecule has 1 nitrogen and oxygen atoms in total. The summed E-state index contributed by atoms with van der Waals surface area (Å²) in [5, 5.41) is 3.72. The van der Waals surface area contributed by atoms with Gasteiger partial charge >= 0.3 is 0 Å². The molecule has 3 atom stereocenters. The highest BCUT2D eigenvalue weighted by molar-refractivity contribution is 4.87. The van der Waals surface area contributed by atoms with E-state index in [1.54, 1.807) is 0 Å². The zero-order chi connectivity index (χ0) is 7.68. The Hall–Kier alpha value is -0.0400. The van der Waals surface area contributed by atoms with Gasteiger partial charge in [-0.3, -0.25) is 0 Å². The number of rotatable bonds is 0. The molecule has 0 spiro atoms. The van der Waals surface area contributed by atoms with E-state index in [-0.39, 0.29) is 0 Å². The van der Waals surface area contributed by atoms with Crippen LogP contribution in [0.15, 0.2) is 0 Å². The molecule has 1 saturated carbocycles. The third kappa shape index (κ3) is 1.58. The van der Waals surface area contributed by atoms with Gasteiger partial charge in [-0.15, -0.1) is 0 Å². The van der Waals surface area contributed by atoms with Crippen LogP contribution in [0.2, 0.25) is 0 Å². The Kier molecular flexibility index (Phi) is 2.17. The summed E-state index contributed by atoms with van der Waals surface area (Å²) < 4.78 is 0. The fourth-order valence-electron chi connectivity index (χ4n) is 2.69. The summed E-state index contributed by atoms with van der Waals surface area (Å²) >= 11 is 0. The molecule has 0 aromatic heterocycles. The number of nitrogens with one attached hydrogen (secondary N) is 1. The highest BCUT2D eigenvalue weighted by Gasteiger charge is 2.29. The van der Waals surface area contributed by atoms with Crippen LogP contribution >= 0.6 is 0 Å². The average Bonchev–Trinajstić information content (AvgIpc) is 2.04. The van der Waals surface area contributed by atoms with Crippen LogP contribution in [0, 0.1) is 5.92 Å². The minimum absolute atomic E-state index is 0.786. The van der Waals surface area contributed by atoms with Gasteiger partial charge in [0.05, 0.1) is 0 Å². The summed E-state index contributed by atoms with van der Waals surface area (Å²) in [4.78, 5) is 0. The van der Waals surface area contributed by atoms with Gasteiger partial charge in [-0.1, -0.05) is 12.8 Å². The molecule has 0 amide bonds. The number of hydrogen-bond donors (Lipinski definition) is 1. The third-order valence-electron chi connectivity index (χ3n) is 3.38. The smallest absolute Gasteiger partial charge is 0.00978 e. The second-order valence-electron chi connectivity index (χ2n) is 4.30. The van der Waals surface area contributed by atoms with E-state index in [1.807, 2.05) is 0 Å². The van der Waals surface area contributed by atoms with E-state index >= 15 is 0 Å². The van der Waals surface area contributed by atoms with E-state index in [9.17, 15) is 0 Å². The van der Waals surface area contributed by atoms with E-state index in [4.69, 9.17) is 0 Å². The van der Waals surface area contributed by atoms with Crippen LogP contribution < -0.4 is 5.32 Å². The lowest BCUT2D eigenvalue weighted by molar-refractivity contribution is 0.182. The predicted molar refractivity (Wildman–Crippen MR) is 47.6 cm³/mol. The van der Waals surface area contributed by atoms with E-state index in [0.717, 1.165) is 18.0 Å². The molecular formula is C10H19N. The van der Waals surface area contributed by atoms with Crippen molar-refractivity contribution in [1.82, 2.24) is 5.32 Å². The van der Waals surface area contributed by atoms with Gasteiger partial charge in [-0.25, -0.2) is 0 Å². The molecule has 2 fully saturated rings. The van der Waals surface area contributed by atoms with E-state index < -0.39 is 0 Å². The average molecular weight is 153 g/mol. The van der Waals surface area contributed by atoms with Crippen molar-refractivity contribution in [2.75, 3.05) is 0 Å². The second-order valence-corrected chi connectivity index (χ2v) is 4.30. The summed E-state index contributed by atoms with van der Waals surface area (Å²) in [6, 6.07) is 1.67. The van der Waals surface area contributed by atoms with Crippen LogP contribution in [0.3, 0.4) is 0 Å². The number of piperidine rings is 1. The zero-order valence-corrected chi connectivity index (χ0v) is 7.47. The minimum Gasteiger partial charge on any atom is -0.311 e. The predicted octanol–water partition coefficient (Wildman–Crippen LogP) is 2.32. The molecule has 0 radical (unpaired) electrons. The fourth-order valence-corrected chi connectivity index (χ4v) is 2.69. The Balaban J connectivity index is 1.93. The van der Waals surface area contributed by atoms with Gasteiger partial charge in [0.2, 0.25) is 0 Å². The van der Waals surface area contributed by atoms with Crippen LogP contribution in [-0.4, -0.2) is 12.1 Å². The first-order valence-electron chi connectivity index (χ1n) is 5.12. The Morgan fingerprint density at radius 1 is 1.00 bits per heavy atom. The molecule has 1 N–H and O–H groups in total. The topological polar surface area (TPSA) is 12.0 Å². The molecule has 1 aliphatic carbocycles. The molecule has 2 aliphatic rings. The highest BCUT2D eigenvalue weighted by Crippen LogP contribution is 2.31. The molecule has 0 aromatic carbocycles. The Morgan fingerprint density at radius 2 is 1.82 bits per heavy atom. The van der Waals surface area contributed by atoms with E-state index in [2.05, 4.69) is 12.2 Å². The normalized spacial score (nSPS) is 45.0. The van der Waals surface area contributed by atoms with Crippen molar-refractivity contribution in [3.05, 3.63) is 0 Å². The van der Waals surface area contributed by atoms with Crippen molar-refractivity contribution in [2.24, 2.45) is 5.92 Å². The number of fused-ring (bicyclic) bond motifs is 1. The molecule has 0 unspecified atom stereocenters. The Morgan fingerprint density at radius 3 is 2.73 bits per heavy atom. The monoisotopic (exact) mass is 153 g/mol. The quantitative estimate of drug-likeness (QED) is 0.563. The van der Waals surface area contributed by atoms with E-state index in [0.29, 0.717) is 0 Å². The second kappa shape index (κ2) is 3.14. The molecule has 0 bridgehead atoms. The van der Waals surface area contributed by atoms with Crippen LogP contribution in [0.4, 0.5) is 0 Å². The van der Waals surface area contributed by atoms with Crippen molar-refractivity contribution in [3.8, 4) is 0 Å². The standard InChI is InChI=1S/C10H19N/c1-8-6-7-9-4-2-3-5-10(9)11-8/h8-11H,2-7H2,1H3/t8-,9+,10-/m0/s1. The molecular weight excluding hydrogens is 134 g/mol. The van der Waals surface area contributed by atoms with Gasteiger partial charge in [-0.2, -0.15) is 0 Å². The molecule has 1 aliphatic heterocycles. The molecule has 0 aromatic rings. The summed E-state index contributed by atoms with van der Waals surface area (Å²) in [5.74, 6) is 1.03. The lowest BCUT2D eigenvalue weighted by Crippen LogP contribution is -2.47. The SMILES string of the molecule is C[C@H]1CC[C@H]2CCCC[C@@H]2N1. The van der Waals surface area contributed by atoms with Gasteiger partial charge in [0.25, 0.3) is 0 Å². The molecule has 11 heavy (non-hydrogen) atoms. The highest BCUT2D eigenvalue weighted by atomic mass is 15.0. The summed E-state index contributed by atoms with van der Waals surface area (Å²) in [7, 11) is 0. The van der Waals surface area contributed by atoms with Gasteiger partial charge < -0.3 is 5.32 Å². The van der Waals surface area contributed by atoms with Crippen molar-refractivity contribution in [2.45, 2.75) is 57.5 Å². The maximum absolute atomic E-state index is 3.72. The van der Waals surface area contributed by atoms with Gasteiger partial charge in [-0.05, 0) is 38.5 Å². The van der Waals surface area contributed by atoms with Gasteiger partial charge in [0.1, 0.15) is 0 Å². The van der Waals surface area contributed by atoms with Crippen LogP contribution in [-0.2, 0) is 0 Å². The molecule has 1 heterocycles. The maximum Gasteiger partial charge on any atom is 0.00978 e. The first kappa shape index (κ1) is 7.60. The van der Waals surface area contributed by atoms with Crippen LogP contribution in [0.25, 0.3) is 0 Å². The Bertz CT molecular complexity index is 133. The fraction of sp³-hybridized carbons (Fsp3) is 1.00. The zero-order valence-electron chi connectivity index (χ0n) is 7.47. The summed E-state index contributed by atoms with van der Waals surface area (Å²) in [6.45, 7) is 2.32. The molecule has 64 valence electrons. The van der Waals surface area contributed by atoms with Crippen molar-refractivity contribution in [1.29, 1.82) is 0 Å². The van der Waals surface area contributed by atoms with Gasteiger partial charge in [0, 0.05) is 12.1 Å². The third-order valence-corrected chi connectivity index (χ3v) is 3.38. The largest absolute Gasteiger partial charge is 0.311 e. The van der Waals surface area contributed by atoms with Gasteiger partial charge in [0.15, 0.2) is 0 Å². The molecule has 1 heteroatoms. The molecule has 2 rings (SSSR count). The van der Waals surface area contributed by atoms with Crippen LogP contribution in [0.1, 0.15) is 45.4 Å². The van der Waals surface area contributed by atoms with Crippen molar-refractivity contribution < 1.29 is 0 Å². The Labute approximate surface area is 69.6 Å². The summed E-state index contributed by atoms with van der Waals surface area (Å²) in [5.41, 5.74) is 0. The maximum atomic E-state index is 3.72. The van der Waals surface area contributed by atoms with Crippen LogP contribution in [0.5, 0.6) is 0 Å². The lowest BCUT2D eigenvalue weighted by Gasteiger charge is -2.39.